The largest absolute Gasteiger partial charge is 0.507 e. The summed E-state index contributed by atoms with van der Waals surface area (Å²) in [5.74, 6) is 0.181. The van der Waals surface area contributed by atoms with Crippen molar-refractivity contribution in [3.8, 4) is 28.3 Å². The van der Waals surface area contributed by atoms with E-state index >= 15 is 0 Å². The summed E-state index contributed by atoms with van der Waals surface area (Å²) < 4.78 is 1.76. The smallest absolute Gasteiger partial charge is 0.160 e. The van der Waals surface area contributed by atoms with Crippen LogP contribution in [0.2, 0.25) is 0 Å². The van der Waals surface area contributed by atoms with Crippen molar-refractivity contribution in [2.45, 2.75) is 32.9 Å². The molecule has 0 saturated carbocycles. The number of hydrogen-bond donors (Lipinski definition) is 2. The molecule has 2 atom stereocenters. The van der Waals surface area contributed by atoms with Gasteiger partial charge in [-0.2, -0.15) is 5.10 Å². The zero-order valence-electron chi connectivity index (χ0n) is 20.9. The average Bonchev–Trinajstić information content (AvgIpc) is 3.25. The fourth-order valence-corrected chi connectivity index (χ4v) is 5.31. The zero-order chi connectivity index (χ0) is 25.0. The molecule has 8 nitrogen and oxygen atoms in total. The van der Waals surface area contributed by atoms with Crippen LogP contribution >= 0.6 is 0 Å². The van der Waals surface area contributed by atoms with Crippen molar-refractivity contribution in [1.82, 2.24) is 30.0 Å². The van der Waals surface area contributed by atoms with E-state index in [4.69, 9.17) is 9.97 Å². The lowest BCUT2D eigenvalue weighted by Gasteiger charge is -2.37. The van der Waals surface area contributed by atoms with Gasteiger partial charge in [-0.15, -0.1) is 0 Å². The molecular weight excluding hydrogens is 450 g/mol. The summed E-state index contributed by atoms with van der Waals surface area (Å²) in [5, 5.41) is 21.1. The maximum atomic E-state index is 11.1. The first-order valence-electron chi connectivity index (χ1n) is 12.3. The first kappa shape index (κ1) is 22.4. The van der Waals surface area contributed by atoms with Gasteiger partial charge in [0.25, 0.3) is 0 Å². The average molecular weight is 480 g/mol. The molecular formula is C28H29N7O. The fraction of sp³-hybridized carbons (Fsp3) is 0.286. The molecule has 8 heteroatoms. The number of nitrogens with one attached hydrogen (secondary N) is 1. The van der Waals surface area contributed by atoms with Gasteiger partial charge in [-0.05, 0) is 51.1 Å². The van der Waals surface area contributed by atoms with Gasteiger partial charge < -0.3 is 15.3 Å². The Hall–Kier alpha value is -4.04. The third-order valence-corrected chi connectivity index (χ3v) is 6.91. The van der Waals surface area contributed by atoms with Crippen LogP contribution in [-0.4, -0.2) is 55.0 Å². The van der Waals surface area contributed by atoms with Gasteiger partial charge in [-0.25, -0.2) is 9.97 Å². The molecule has 4 aromatic heterocycles. The molecule has 1 aliphatic rings. The second-order valence-electron chi connectivity index (χ2n) is 9.85. The number of anilines is 1. The number of nitrogens with zero attached hydrogens (tertiary/aromatic N) is 6. The van der Waals surface area contributed by atoms with E-state index in [1.165, 1.54) is 0 Å². The lowest BCUT2D eigenvalue weighted by Crippen LogP contribution is -2.54. The van der Waals surface area contributed by atoms with Crippen molar-refractivity contribution < 1.29 is 5.11 Å². The Morgan fingerprint density at radius 3 is 2.56 bits per heavy atom. The highest BCUT2D eigenvalue weighted by Gasteiger charge is 2.23. The molecule has 1 saturated heterocycles. The van der Waals surface area contributed by atoms with Gasteiger partial charge in [0, 0.05) is 72.1 Å². The molecule has 0 aliphatic carbocycles. The molecule has 36 heavy (non-hydrogen) atoms. The van der Waals surface area contributed by atoms with E-state index in [-0.39, 0.29) is 5.75 Å². The second kappa shape index (κ2) is 8.57. The van der Waals surface area contributed by atoms with Crippen LogP contribution in [0.15, 0.2) is 55.0 Å². The molecule has 1 aromatic carbocycles. The van der Waals surface area contributed by atoms with E-state index < -0.39 is 0 Å². The number of benzene rings is 1. The summed E-state index contributed by atoms with van der Waals surface area (Å²) >= 11 is 0. The molecule has 1 aliphatic heterocycles. The molecule has 0 radical (unpaired) electrons. The Bertz CT molecular complexity index is 1580. The van der Waals surface area contributed by atoms with Crippen molar-refractivity contribution in [3.05, 3.63) is 60.6 Å². The van der Waals surface area contributed by atoms with Crippen molar-refractivity contribution in [3.63, 3.8) is 0 Å². The highest BCUT2D eigenvalue weighted by Crippen LogP contribution is 2.39. The Labute approximate surface area is 209 Å². The Morgan fingerprint density at radius 1 is 1.00 bits per heavy atom. The number of fused-ring (bicyclic) bond motifs is 2. The molecule has 5 heterocycles. The molecule has 5 aromatic rings. The number of rotatable bonds is 3. The third kappa shape index (κ3) is 3.83. The predicted octanol–water partition coefficient (Wildman–Crippen LogP) is 4.45. The van der Waals surface area contributed by atoms with Gasteiger partial charge in [0.2, 0.25) is 0 Å². The molecule has 0 bridgehead atoms. The van der Waals surface area contributed by atoms with Crippen LogP contribution < -0.4 is 10.2 Å². The number of hydrogen-bond acceptors (Lipinski definition) is 7. The Kier molecular flexibility index (Phi) is 5.34. The van der Waals surface area contributed by atoms with E-state index in [0.717, 1.165) is 51.9 Å². The van der Waals surface area contributed by atoms with Crippen LogP contribution in [0, 0.1) is 6.92 Å². The summed E-state index contributed by atoms with van der Waals surface area (Å²) in [6.07, 6.45) is 5.65. The molecule has 6 rings (SSSR count). The molecule has 2 N–H and O–H groups in total. The number of phenols is 1. The van der Waals surface area contributed by atoms with Crippen LogP contribution in [0.5, 0.6) is 5.75 Å². The van der Waals surface area contributed by atoms with Crippen LogP contribution in [-0.2, 0) is 7.05 Å². The summed E-state index contributed by atoms with van der Waals surface area (Å²) in [4.78, 5) is 16.7. The number of pyridine rings is 3. The lowest BCUT2D eigenvalue weighted by molar-refractivity contribution is 0.407. The highest BCUT2D eigenvalue weighted by molar-refractivity contribution is 5.97. The van der Waals surface area contributed by atoms with Crippen molar-refractivity contribution in [1.29, 1.82) is 0 Å². The topological polar surface area (TPSA) is 92.0 Å². The van der Waals surface area contributed by atoms with Crippen LogP contribution in [0.25, 0.3) is 44.5 Å². The second-order valence-corrected chi connectivity index (χ2v) is 9.85. The summed E-state index contributed by atoms with van der Waals surface area (Å²) in [5.41, 5.74) is 6.29. The predicted molar refractivity (Wildman–Crippen MR) is 143 cm³/mol. The van der Waals surface area contributed by atoms with E-state index in [1.807, 2.05) is 56.7 Å². The maximum Gasteiger partial charge on any atom is 0.160 e. The number of aryl methyl sites for hydroxylation is 2. The molecule has 182 valence electrons. The zero-order valence-corrected chi connectivity index (χ0v) is 20.9. The lowest BCUT2D eigenvalue weighted by atomic mass is 9.99. The molecule has 0 unspecified atom stereocenters. The van der Waals surface area contributed by atoms with Crippen molar-refractivity contribution in [2.24, 2.45) is 7.05 Å². The maximum absolute atomic E-state index is 11.1. The van der Waals surface area contributed by atoms with E-state index in [0.29, 0.717) is 29.0 Å². The van der Waals surface area contributed by atoms with Crippen LogP contribution in [0.3, 0.4) is 0 Å². The fourth-order valence-electron chi connectivity index (χ4n) is 5.31. The van der Waals surface area contributed by atoms with Crippen molar-refractivity contribution >= 4 is 27.6 Å². The van der Waals surface area contributed by atoms with E-state index in [9.17, 15) is 5.11 Å². The summed E-state index contributed by atoms with van der Waals surface area (Å²) in [6.45, 7) is 8.13. The SMILES string of the molecule is Cc1c(O)c(-c2cc(-c3ccccn3)c3cc(N4C[C@H](C)N[C@@H](C)C4)cnc3n2)cc2cn(C)nc12. The molecule has 1 fully saturated rings. The molecule has 0 spiro atoms. The standard InChI is InChI=1S/C28H29N7O/c1-16-13-35(14-17(2)31-16)20-10-22-21(24-7-5-6-8-29-24)11-25(32-28(22)30-12-20)23-9-19-15-34(4)33-26(19)18(3)27(23)36/h5-12,15-17,31,36H,13-14H2,1-4H3/t16-,17-/m0/s1. The highest BCUT2D eigenvalue weighted by atomic mass is 16.3. The summed E-state index contributed by atoms with van der Waals surface area (Å²) in [6, 6.07) is 12.8. The van der Waals surface area contributed by atoms with Gasteiger partial charge >= 0.3 is 0 Å². The third-order valence-electron chi connectivity index (χ3n) is 6.91. The van der Waals surface area contributed by atoms with Gasteiger partial charge in [-0.1, -0.05) is 6.07 Å². The van der Waals surface area contributed by atoms with E-state index in [1.54, 1.807) is 10.9 Å². The minimum atomic E-state index is 0.181. The minimum Gasteiger partial charge on any atom is -0.507 e. The number of aromatic nitrogens is 5. The Morgan fingerprint density at radius 2 is 1.81 bits per heavy atom. The first-order chi connectivity index (χ1) is 17.4. The van der Waals surface area contributed by atoms with Gasteiger partial charge in [0.1, 0.15) is 5.75 Å². The quantitative estimate of drug-likeness (QED) is 0.395. The van der Waals surface area contributed by atoms with Crippen molar-refractivity contribution in [2.75, 3.05) is 18.0 Å². The van der Waals surface area contributed by atoms with Gasteiger partial charge in [0.05, 0.1) is 28.8 Å². The van der Waals surface area contributed by atoms with Crippen LogP contribution in [0.4, 0.5) is 5.69 Å². The van der Waals surface area contributed by atoms with Crippen LogP contribution in [0.1, 0.15) is 19.4 Å². The first-order valence-corrected chi connectivity index (χ1v) is 12.3. The number of piperazine rings is 1. The molecule has 0 amide bonds. The van der Waals surface area contributed by atoms with Gasteiger partial charge in [-0.3, -0.25) is 9.67 Å². The minimum absolute atomic E-state index is 0.181. The number of aromatic hydroxyl groups is 1. The summed E-state index contributed by atoms with van der Waals surface area (Å²) in [7, 11) is 1.88. The number of phenolic OH excluding ortho intramolecular Hbond substituents is 1. The Balaban J connectivity index is 1.56. The van der Waals surface area contributed by atoms with Gasteiger partial charge in [0.15, 0.2) is 5.65 Å². The monoisotopic (exact) mass is 479 g/mol. The van der Waals surface area contributed by atoms with E-state index in [2.05, 4.69) is 40.2 Å². The normalized spacial score (nSPS) is 18.3.